The van der Waals surface area contributed by atoms with Gasteiger partial charge in [-0.05, 0) is 23.9 Å². The summed E-state index contributed by atoms with van der Waals surface area (Å²) in [7, 11) is 3.39. The number of hydrogen-bond acceptors (Lipinski definition) is 5. The summed E-state index contributed by atoms with van der Waals surface area (Å²) in [6, 6.07) is 9.35. The molecule has 5 nitrogen and oxygen atoms in total. The molecule has 0 bridgehead atoms. The van der Waals surface area contributed by atoms with Crippen molar-refractivity contribution in [3.8, 4) is 6.01 Å². The minimum atomic E-state index is -0.412. The number of halogens is 2. The van der Waals surface area contributed by atoms with Crippen molar-refractivity contribution in [2.75, 3.05) is 30.9 Å². The Labute approximate surface area is 155 Å². The molecule has 0 saturated carbocycles. The molecule has 2 heterocycles. The van der Waals surface area contributed by atoms with Crippen LogP contribution in [0.15, 0.2) is 30.3 Å². The second kappa shape index (κ2) is 6.61. The van der Waals surface area contributed by atoms with Gasteiger partial charge in [-0.15, -0.1) is 0 Å². The van der Waals surface area contributed by atoms with Crippen LogP contribution in [-0.4, -0.2) is 30.7 Å². The minimum absolute atomic E-state index is 0.153. The van der Waals surface area contributed by atoms with Crippen LogP contribution in [0.4, 0.5) is 15.9 Å². The van der Waals surface area contributed by atoms with Crippen LogP contribution in [0.5, 0.6) is 6.01 Å². The zero-order valence-electron chi connectivity index (χ0n) is 14.5. The molecule has 26 heavy (non-hydrogen) atoms. The molecular formula is C19H18ClFN4O. The zero-order chi connectivity index (χ0) is 18.3. The Kier molecular flexibility index (Phi) is 4.28. The van der Waals surface area contributed by atoms with Crippen LogP contribution >= 0.6 is 11.6 Å². The van der Waals surface area contributed by atoms with Crippen LogP contribution < -0.4 is 15.0 Å². The van der Waals surface area contributed by atoms with Gasteiger partial charge < -0.3 is 15.0 Å². The lowest BCUT2D eigenvalue weighted by Crippen LogP contribution is -2.32. The number of nitrogens with one attached hydrogen (secondary N) is 1. The largest absolute Gasteiger partial charge is 0.467 e. The van der Waals surface area contributed by atoms with E-state index in [2.05, 4.69) is 20.2 Å². The highest BCUT2D eigenvalue weighted by molar-refractivity contribution is 6.36. The molecule has 1 aliphatic rings. The number of nitrogens with zero attached hydrogens (tertiary/aromatic N) is 3. The first kappa shape index (κ1) is 16.8. The molecule has 0 radical (unpaired) electrons. The lowest BCUT2D eigenvalue weighted by atomic mass is 10.0. The molecule has 0 atom stereocenters. The molecule has 1 aliphatic heterocycles. The third-order valence-electron chi connectivity index (χ3n) is 4.72. The predicted octanol–water partition coefficient (Wildman–Crippen LogP) is 4.04. The molecule has 7 heteroatoms. The van der Waals surface area contributed by atoms with E-state index in [1.165, 1.54) is 6.07 Å². The van der Waals surface area contributed by atoms with Gasteiger partial charge in [0.2, 0.25) is 0 Å². The van der Waals surface area contributed by atoms with E-state index in [-0.39, 0.29) is 5.02 Å². The first-order valence-electron chi connectivity index (χ1n) is 8.35. The molecule has 134 valence electrons. The molecule has 0 unspecified atom stereocenters. The van der Waals surface area contributed by atoms with Crippen LogP contribution in [-0.2, 0) is 13.0 Å². The van der Waals surface area contributed by atoms with Gasteiger partial charge in [0.15, 0.2) is 0 Å². The number of aromatic nitrogens is 2. The summed E-state index contributed by atoms with van der Waals surface area (Å²) in [4.78, 5) is 11.0. The summed E-state index contributed by atoms with van der Waals surface area (Å²) in [5, 5.41) is 4.91. The van der Waals surface area contributed by atoms with E-state index in [4.69, 9.17) is 16.3 Å². The van der Waals surface area contributed by atoms with Crippen LogP contribution in [0.2, 0.25) is 5.02 Å². The highest BCUT2D eigenvalue weighted by Gasteiger charge is 2.24. The summed E-state index contributed by atoms with van der Waals surface area (Å²) >= 11 is 6.29. The average Bonchev–Trinajstić information content (AvgIpc) is 2.69. The Morgan fingerprint density at radius 3 is 2.85 bits per heavy atom. The van der Waals surface area contributed by atoms with Crippen molar-refractivity contribution in [3.63, 3.8) is 0 Å². The van der Waals surface area contributed by atoms with Crippen LogP contribution in [0, 0.1) is 5.82 Å². The number of fused-ring (bicyclic) bond motifs is 2. The molecule has 0 amide bonds. The van der Waals surface area contributed by atoms with E-state index in [0.717, 1.165) is 46.5 Å². The second-order valence-electron chi connectivity index (χ2n) is 6.14. The van der Waals surface area contributed by atoms with Crippen LogP contribution in [0.3, 0.4) is 0 Å². The molecule has 1 aromatic heterocycles. The topological polar surface area (TPSA) is 50.3 Å². The van der Waals surface area contributed by atoms with E-state index in [1.807, 2.05) is 25.2 Å². The number of benzene rings is 2. The lowest BCUT2D eigenvalue weighted by molar-refractivity contribution is 0.377. The summed E-state index contributed by atoms with van der Waals surface area (Å²) < 4.78 is 19.3. The number of methoxy groups -OCH3 is 1. The van der Waals surface area contributed by atoms with Gasteiger partial charge in [-0.3, -0.25) is 0 Å². The van der Waals surface area contributed by atoms with E-state index in [1.54, 1.807) is 13.2 Å². The van der Waals surface area contributed by atoms with E-state index >= 15 is 0 Å². The first-order chi connectivity index (χ1) is 12.6. The quantitative estimate of drug-likeness (QED) is 0.752. The van der Waals surface area contributed by atoms with Gasteiger partial charge in [0.25, 0.3) is 0 Å². The smallest absolute Gasteiger partial charge is 0.318 e. The Balaban J connectivity index is 1.81. The predicted molar refractivity (Wildman–Crippen MR) is 102 cm³/mol. The number of hydrogen-bond donors (Lipinski definition) is 1. The van der Waals surface area contributed by atoms with E-state index in [9.17, 15) is 4.39 Å². The number of rotatable bonds is 3. The second-order valence-corrected chi connectivity index (χ2v) is 6.52. The van der Waals surface area contributed by atoms with Crippen molar-refractivity contribution in [3.05, 3.63) is 52.4 Å². The molecule has 1 N–H and O–H groups in total. The number of anilines is 2. The highest BCUT2D eigenvalue weighted by Crippen LogP contribution is 2.37. The van der Waals surface area contributed by atoms with Crippen molar-refractivity contribution in [2.24, 2.45) is 0 Å². The standard InChI is InChI=1S/C19H18ClFN4O/c1-22-18-12-8-9-25(10-14(12)23-19(24-18)26-2)15-5-3-4-11-6-7-13(21)17(20)16(11)15/h3-7H,8-10H2,1-2H3,(H,22,23,24). The van der Waals surface area contributed by atoms with Gasteiger partial charge in [0, 0.05) is 30.2 Å². The fraction of sp³-hybridized carbons (Fsp3) is 0.263. The Bertz CT molecular complexity index is 995. The van der Waals surface area contributed by atoms with E-state index < -0.39 is 5.82 Å². The highest BCUT2D eigenvalue weighted by atomic mass is 35.5. The molecular weight excluding hydrogens is 355 g/mol. The first-order valence-corrected chi connectivity index (χ1v) is 8.73. The molecule has 2 aromatic carbocycles. The van der Waals surface area contributed by atoms with E-state index in [0.29, 0.717) is 12.6 Å². The maximum absolute atomic E-state index is 14.0. The normalized spacial score (nSPS) is 13.6. The maximum Gasteiger partial charge on any atom is 0.318 e. The number of ether oxygens (including phenoxy) is 1. The van der Waals surface area contributed by atoms with Gasteiger partial charge in [-0.2, -0.15) is 9.97 Å². The average molecular weight is 373 g/mol. The van der Waals surface area contributed by atoms with Crippen molar-refractivity contribution in [2.45, 2.75) is 13.0 Å². The molecule has 3 aromatic rings. The summed E-state index contributed by atoms with van der Waals surface area (Å²) in [5.41, 5.74) is 2.89. The summed E-state index contributed by atoms with van der Waals surface area (Å²) in [5.74, 6) is 0.374. The van der Waals surface area contributed by atoms with Gasteiger partial charge in [-0.25, -0.2) is 4.39 Å². The fourth-order valence-electron chi connectivity index (χ4n) is 3.47. The summed E-state index contributed by atoms with van der Waals surface area (Å²) in [6.45, 7) is 1.35. The Morgan fingerprint density at radius 1 is 1.23 bits per heavy atom. The van der Waals surface area contributed by atoms with Gasteiger partial charge in [-0.1, -0.05) is 29.8 Å². The molecule has 0 aliphatic carbocycles. The molecule has 4 rings (SSSR count). The third kappa shape index (κ3) is 2.70. The fourth-order valence-corrected chi connectivity index (χ4v) is 3.73. The molecule has 0 fully saturated rings. The SMILES string of the molecule is CNc1nc(OC)nc2c1CCN(c1cccc3ccc(F)c(Cl)c13)C2. The van der Waals surface area contributed by atoms with Crippen molar-refractivity contribution < 1.29 is 9.13 Å². The maximum atomic E-state index is 14.0. The van der Waals surface area contributed by atoms with Crippen molar-refractivity contribution in [1.29, 1.82) is 0 Å². The Morgan fingerprint density at radius 2 is 2.08 bits per heavy atom. The zero-order valence-corrected chi connectivity index (χ0v) is 15.3. The molecule has 0 saturated heterocycles. The van der Waals surface area contributed by atoms with Crippen LogP contribution in [0.25, 0.3) is 10.8 Å². The Hall–Kier alpha value is -2.60. The summed E-state index contributed by atoms with van der Waals surface area (Å²) in [6.07, 6.45) is 0.777. The monoisotopic (exact) mass is 372 g/mol. The van der Waals surface area contributed by atoms with Crippen LogP contribution in [0.1, 0.15) is 11.3 Å². The van der Waals surface area contributed by atoms with Gasteiger partial charge in [0.05, 0.1) is 24.4 Å². The third-order valence-corrected chi connectivity index (χ3v) is 5.09. The van der Waals surface area contributed by atoms with Gasteiger partial charge >= 0.3 is 6.01 Å². The van der Waals surface area contributed by atoms with Crippen molar-refractivity contribution in [1.82, 2.24) is 9.97 Å². The molecule has 0 spiro atoms. The van der Waals surface area contributed by atoms with Crippen molar-refractivity contribution >= 4 is 33.9 Å². The minimum Gasteiger partial charge on any atom is -0.467 e. The van der Waals surface area contributed by atoms with Gasteiger partial charge in [0.1, 0.15) is 11.6 Å². The lowest BCUT2D eigenvalue weighted by Gasteiger charge is -2.32.